The molecule has 0 saturated heterocycles. The van der Waals surface area contributed by atoms with Gasteiger partial charge in [-0.3, -0.25) is 33.7 Å². The third kappa shape index (κ3) is 3.19. The molecule has 2 unspecified atom stereocenters. The van der Waals surface area contributed by atoms with Crippen molar-refractivity contribution in [1.82, 2.24) is 4.90 Å². The van der Waals surface area contributed by atoms with Gasteiger partial charge in [-0.05, 0) is 31.3 Å². The van der Waals surface area contributed by atoms with E-state index in [9.17, 15) is 39.0 Å². The third-order valence-corrected chi connectivity index (χ3v) is 7.48. The number of nitrogens with two attached hydrogens (primary N) is 1. The number of ketones is 4. The number of nitrogens with zero attached hydrogens (tertiary/aromatic N) is 1. The molecule has 1 amide bonds. The maximum Gasteiger partial charge on any atom is 0.305 e. The van der Waals surface area contributed by atoms with E-state index in [4.69, 9.17) is 10.5 Å². The molecule has 0 aromatic heterocycles. The van der Waals surface area contributed by atoms with Gasteiger partial charge in [-0.15, -0.1) is 0 Å². The summed E-state index contributed by atoms with van der Waals surface area (Å²) >= 11 is 0. The Morgan fingerprint density at radius 1 is 1.17 bits per heavy atom. The van der Waals surface area contributed by atoms with Crippen LogP contribution in [0, 0.1) is 23.7 Å². The molecule has 1 aromatic rings. The fraction of sp³-hybridized carbons (Fsp3) is 0.440. The molecule has 36 heavy (non-hydrogen) atoms. The molecule has 11 heteroatoms. The van der Waals surface area contributed by atoms with Crippen molar-refractivity contribution in [3.05, 3.63) is 35.9 Å². The Bertz CT molecular complexity index is 1250. The van der Waals surface area contributed by atoms with Crippen LogP contribution < -0.4 is 5.73 Å². The number of amides is 1. The van der Waals surface area contributed by atoms with Crippen molar-refractivity contribution >= 4 is 40.6 Å². The molecule has 2 fully saturated rings. The van der Waals surface area contributed by atoms with Gasteiger partial charge in [0.25, 0.3) is 0 Å². The largest absolute Gasteiger partial charge is 0.507 e. The maximum atomic E-state index is 13.9. The van der Waals surface area contributed by atoms with Crippen molar-refractivity contribution in [2.45, 2.75) is 31.1 Å². The minimum Gasteiger partial charge on any atom is -0.507 e. The van der Waals surface area contributed by atoms with Crippen LogP contribution >= 0.6 is 0 Å². The van der Waals surface area contributed by atoms with Gasteiger partial charge < -0.3 is 20.7 Å². The van der Waals surface area contributed by atoms with Crippen molar-refractivity contribution in [3.8, 4) is 5.75 Å². The van der Waals surface area contributed by atoms with Gasteiger partial charge in [0.1, 0.15) is 11.9 Å². The van der Waals surface area contributed by atoms with Crippen LogP contribution in [0.5, 0.6) is 5.75 Å². The molecule has 0 aliphatic heterocycles. The molecule has 0 spiro atoms. The Morgan fingerprint density at radius 2 is 1.81 bits per heavy atom. The van der Waals surface area contributed by atoms with E-state index < -0.39 is 82.2 Å². The number of aliphatic hydroxyl groups is 1. The topological polar surface area (TPSA) is 181 Å². The summed E-state index contributed by atoms with van der Waals surface area (Å²) in [4.78, 5) is 80.2. The fourth-order valence-electron chi connectivity index (χ4n) is 5.92. The van der Waals surface area contributed by atoms with Crippen LogP contribution in [0.25, 0.3) is 5.57 Å². The lowest BCUT2D eigenvalue weighted by Crippen LogP contribution is -2.77. The molecule has 0 heterocycles. The number of phenols is 1. The van der Waals surface area contributed by atoms with Crippen molar-refractivity contribution in [2.75, 3.05) is 14.1 Å². The molecule has 3 aliphatic carbocycles. The second-order valence-corrected chi connectivity index (χ2v) is 9.57. The summed E-state index contributed by atoms with van der Waals surface area (Å²) in [5.41, 5.74) is 2.40. The van der Waals surface area contributed by atoms with E-state index in [2.05, 4.69) is 6.58 Å². The first kappa shape index (κ1) is 25.4. The van der Waals surface area contributed by atoms with Crippen LogP contribution in [-0.2, 0) is 28.7 Å². The van der Waals surface area contributed by atoms with E-state index >= 15 is 0 Å². The zero-order chi connectivity index (χ0) is 26.9. The first-order valence-corrected chi connectivity index (χ1v) is 11.4. The van der Waals surface area contributed by atoms with Crippen molar-refractivity contribution in [1.29, 1.82) is 0 Å². The molecule has 3 aliphatic rings. The summed E-state index contributed by atoms with van der Waals surface area (Å²) in [6.07, 6.45) is -1.64. The normalized spacial score (nSPS) is 33.6. The summed E-state index contributed by atoms with van der Waals surface area (Å²) in [5.74, 6) is -14.0. The molecular formula is C25H26N2O9. The van der Waals surface area contributed by atoms with Crippen LogP contribution in [0.15, 0.2) is 24.8 Å². The highest BCUT2D eigenvalue weighted by Crippen LogP contribution is 2.54. The molecule has 2 saturated carbocycles. The number of ether oxygens (including phenoxy) is 1. The number of carbonyl (C=O) groups is 6. The van der Waals surface area contributed by atoms with Gasteiger partial charge in [-0.2, -0.15) is 0 Å². The second-order valence-electron chi connectivity index (χ2n) is 9.57. The number of rotatable bonds is 4. The van der Waals surface area contributed by atoms with Gasteiger partial charge >= 0.3 is 5.97 Å². The maximum absolute atomic E-state index is 13.9. The Hall–Kier alpha value is -3.70. The number of benzene rings is 1. The smallest absolute Gasteiger partial charge is 0.305 e. The molecular weight excluding hydrogens is 472 g/mol. The highest BCUT2D eigenvalue weighted by Gasteiger charge is 2.73. The number of likely N-dealkylation sites (N-methyl/N-ethyl adjacent to an activating group) is 1. The average Bonchev–Trinajstić information content (AvgIpc) is 2.80. The average molecular weight is 498 g/mol. The molecule has 4 N–H and O–H groups in total. The van der Waals surface area contributed by atoms with Gasteiger partial charge in [0.05, 0.1) is 23.4 Å². The van der Waals surface area contributed by atoms with Crippen LogP contribution in [0.2, 0.25) is 0 Å². The third-order valence-electron chi connectivity index (χ3n) is 7.48. The number of Topliss-reactive ketones (excluding diaryl/α,β-unsaturated/α-hetero) is 4. The van der Waals surface area contributed by atoms with Gasteiger partial charge in [-0.25, -0.2) is 0 Å². The number of esters is 1. The van der Waals surface area contributed by atoms with E-state index in [1.807, 2.05) is 0 Å². The molecule has 0 radical (unpaired) electrons. The lowest BCUT2D eigenvalue weighted by Gasteiger charge is -2.55. The van der Waals surface area contributed by atoms with Crippen LogP contribution in [0.4, 0.5) is 0 Å². The number of hydrogen-bond donors (Lipinski definition) is 3. The number of carbonyl (C=O) groups excluding carboxylic acids is 6. The van der Waals surface area contributed by atoms with Gasteiger partial charge in [0.2, 0.25) is 5.91 Å². The highest BCUT2D eigenvalue weighted by molar-refractivity contribution is 6.33. The molecule has 0 bridgehead atoms. The molecule has 4 rings (SSSR count). The highest BCUT2D eigenvalue weighted by atomic mass is 16.5. The first-order valence-electron chi connectivity index (χ1n) is 11.4. The first-order chi connectivity index (χ1) is 16.8. The lowest BCUT2D eigenvalue weighted by atomic mass is 9.50. The fourth-order valence-corrected chi connectivity index (χ4v) is 5.92. The van der Waals surface area contributed by atoms with E-state index in [0.717, 1.165) is 0 Å². The minimum absolute atomic E-state index is 0.122. The summed E-state index contributed by atoms with van der Waals surface area (Å²) in [7, 11) is 2.86. The van der Waals surface area contributed by atoms with E-state index in [1.54, 1.807) is 0 Å². The quantitative estimate of drug-likeness (QED) is 0.353. The van der Waals surface area contributed by atoms with Gasteiger partial charge in [0.15, 0.2) is 34.7 Å². The van der Waals surface area contributed by atoms with Crippen molar-refractivity contribution in [3.63, 3.8) is 0 Å². The number of aromatic hydroxyl groups is 1. The molecule has 1 aromatic carbocycles. The van der Waals surface area contributed by atoms with E-state index in [-0.39, 0.29) is 23.1 Å². The van der Waals surface area contributed by atoms with Gasteiger partial charge in [-0.1, -0.05) is 25.6 Å². The molecule has 11 nitrogen and oxygen atoms in total. The van der Waals surface area contributed by atoms with Crippen molar-refractivity contribution < 1.29 is 43.7 Å². The Morgan fingerprint density at radius 3 is 2.36 bits per heavy atom. The van der Waals surface area contributed by atoms with Crippen LogP contribution in [-0.4, -0.2) is 82.0 Å². The standard InChI is InChI=1S/C25H26N2O9/c1-5-12(29)36-21-13-9(2)10-7-6-8-11(28)14(10)19(30)15(13)22(32)25(35)17(21)18(27(3)4)20(31)16(23(25)33)24(26)34/h6-8,13,15-18,21,28,35H,2,5H2,1,3-4H3,(H2,26,34)/t13-,15?,16?,17-,18+,21+,25+/m0/s1. The Kier molecular flexibility index (Phi) is 5.96. The monoisotopic (exact) mass is 498 g/mol. The number of fused-ring (bicyclic) bond motifs is 3. The number of primary amides is 1. The van der Waals surface area contributed by atoms with E-state index in [0.29, 0.717) is 0 Å². The SMILES string of the molecule is C=C1c2cccc(O)c2C(=O)C2C(=O)[C@@]3(O)C(=O)C(C(N)=O)C(=O)[C@H](N(C)C)[C@H]3[C@H](OC(=O)CC)[C@@H]12. The summed E-state index contributed by atoms with van der Waals surface area (Å²) < 4.78 is 5.66. The molecule has 190 valence electrons. The predicted molar refractivity (Wildman–Crippen MR) is 122 cm³/mol. The predicted octanol–water partition coefficient (Wildman–Crippen LogP) is -0.731. The number of phenolic OH excluding ortho intramolecular Hbond substituents is 1. The zero-order valence-electron chi connectivity index (χ0n) is 19.9. The minimum atomic E-state index is -3.06. The van der Waals surface area contributed by atoms with Crippen LogP contribution in [0.3, 0.4) is 0 Å². The second kappa shape index (κ2) is 8.45. The zero-order valence-corrected chi connectivity index (χ0v) is 19.9. The Balaban J connectivity index is 2.04. The lowest BCUT2D eigenvalue weighted by molar-refractivity contribution is -0.201. The summed E-state index contributed by atoms with van der Waals surface area (Å²) in [5, 5.41) is 22.2. The summed E-state index contributed by atoms with van der Waals surface area (Å²) in [6, 6.07) is 2.76. The summed E-state index contributed by atoms with van der Waals surface area (Å²) in [6.45, 7) is 5.50. The Labute approximate surface area is 205 Å². The van der Waals surface area contributed by atoms with Crippen LogP contribution in [0.1, 0.15) is 29.3 Å². The number of hydrogen-bond acceptors (Lipinski definition) is 10. The van der Waals surface area contributed by atoms with Gasteiger partial charge in [0, 0.05) is 12.3 Å². The van der Waals surface area contributed by atoms with Crippen molar-refractivity contribution in [2.24, 2.45) is 29.4 Å². The molecule has 7 atom stereocenters. The van der Waals surface area contributed by atoms with E-state index in [1.165, 1.54) is 44.1 Å².